The molecule has 0 fully saturated rings. The third kappa shape index (κ3) is 8.65. The van der Waals surface area contributed by atoms with Gasteiger partial charge in [-0.05, 0) is 51.6 Å². The van der Waals surface area contributed by atoms with Crippen molar-refractivity contribution in [2.45, 2.75) is 85.6 Å². The highest BCUT2D eigenvalue weighted by Gasteiger charge is 2.13. The maximum absolute atomic E-state index is 2.72. The number of hydrogen-bond donors (Lipinski definition) is 0. The molecule has 0 aromatic rings. The average molecular weight is 241 g/mol. The van der Waals surface area contributed by atoms with E-state index in [1.54, 1.807) is 0 Å². The standard InChI is InChI=1S/C16H35N/c1-6-9-13-17(14-10-7-2)16(5)12-11-15(4)8-3/h15-16H,6-14H2,1-5H3. The molecule has 0 saturated carbocycles. The molecular weight excluding hydrogens is 206 g/mol. The topological polar surface area (TPSA) is 3.24 Å². The molecule has 2 unspecified atom stereocenters. The second-order valence-corrected chi connectivity index (χ2v) is 5.68. The smallest absolute Gasteiger partial charge is 0.00670 e. The molecule has 2 atom stereocenters. The van der Waals surface area contributed by atoms with Crippen LogP contribution in [0.3, 0.4) is 0 Å². The normalized spacial score (nSPS) is 15.2. The Hall–Kier alpha value is -0.0400. The van der Waals surface area contributed by atoms with Crippen molar-refractivity contribution < 1.29 is 0 Å². The monoisotopic (exact) mass is 241 g/mol. The summed E-state index contributed by atoms with van der Waals surface area (Å²) in [6.45, 7) is 14.3. The number of rotatable bonds is 11. The zero-order valence-electron chi connectivity index (χ0n) is 13.0. The summed E-state index contributed by atoms with van der Waals surface area (Å²) in [5, 5.41) is 0. The summed E-state index contributed by atoms with van der Waals surface area (Å²) in [7, 11) is 0. The average Bonchev–Trinajstić information content (AvgIpc) is 2.35. The van der Waals surface area contributed by atoms with Crippen LogP contribution in [-0.4, -0.2) is 24.0 Å². The van der Waals surface area contributed by atoms with Gasteiger partial charge in [0.2, 0.25) is 0 Å². The summed E-state index contributed by atoms with van der Waals surface area (Å²) in [5.74, 6) is 0.900. The van der Waals surface area contributed by atoms with Crippen LogP contribution in [0.4, 0.5) is 0 Å². The molecule has 1 nitrogen and oxygen atoms in total. The van der Waals surface area contributed by atoms with Gasteiger partial charge in [-0.25, -0.2) is 0 Å². The first-order chi connectivity index (χ1) is 8.15. The summed E-state index contributed by atoms with van der Waals surface area (Å²) >= 11 is 0. The first-order valence-electron chi connectivity index (χ1n) is 7.89. The minimum absolute atomic E-state index is 0.780. The maximum atomic E-state index is 2.72. The van der Waals surface area contributed by atoms with Crippen LogP contribution in [0.2, 0.25) is 0 Å². The molecule has 0 aromatic carbocycles. The minimum atomic E-state index is 0.780. The van der Waals surface area contributed by atoms with Crippen molar-refractivity contribution in [1.82, 2.24) is 4.90 Å². The molecule has 0 amide bonds. The summed E-state index contributed by atoms with van der Waals surface area (Å²) in [4.78, 5) is 2.72. The molecule has 1 heteroatoms. The van der Waals surface area contributed by atoms with Crippen LogP contribution < -0.4 is 0 Å². The Morgan fingerprint density at radius 1 is 0.824 bits per heavy atom. The van der Waals surface area contributed by atoms with Gasteiger partial charge in [0, 0.05) is 6.04 Å². The van der Waals surface area contributed by atoms with Gasteiger partial charge in [0.1, 0.15) is 0 Å². The van der Waals surface area contributed by atoms with Crippen molar-refractivity contribution in [2.24, 2.45) is 5.92 Å². The van der Waals surface area contributed by atoms with E-state index in [2.05, 4.69) is 39.5 Å². The van der Waals surface area contributed by atoms with Gasteiger partial charge in [-0.3, -0.25) is 0 Å². The Labute approximate surface area is 110 Å². The second kappa shape index (κ2) is 11.1. The van der Waals surface area contributed by atoms with Crippen LogP contribution in [-0.2, 0) is 0 Å². The maximum Gasteiger partial charge on any atom is 0.00670 e. The Morgan fingerprint density at radius 3 is 1.76 bits per heavy atom. The van der Waals surface area contributed by atoms with Gasteiger partial charge in [-0.2, -0.15) is 0 Å². The van der Waals surface area contributed by atoms with Crippen LogP contribution in [0.5, 0.6) is 0 Å². The predicted octanol–water partition coefficient (Wildman–Crippen LogP) is 5.10. The van der Waals surface area contributed by atoms with E-state index in [-0.39, 0.29) is 0 Å². The Bertz CT molecular complexity index is 148. The van der Waals surface area contributed by atoms with Gasteiger partial charge in [0.05, 0.1) is 0 Å². The third-order valence-electron chi connectivity index (χ3n) is 4.00. The zero-order valence-corrected chi connectivity index (χ0v) is 13.0. The van der Waals surface area contributed by atoms with Gasteiger partial charge in [0.25, 0.3) is 0 Å². The molecule has 0 rings (SSSR count). The van der Waals surface area contributed by atoms with E-state index in [0.717, 1.165) is 12.0 Å². The minimum Gasteiger partial charge on any atom is -0.301 e. The van der Waals surface area contributed by atoms with E-state index in [9.17, 15) is 0 Å². The molecule has 0 heterocycles. The van der Waals surface area contributed by atoms with Crippen molar-refractivity contribution in [3.8, 4) is 0 Å². The summed E-state index contributed by atoms with van der Waals surface area (Å²) in [6, 6.07) is 0.780. The van der Waals surface area contributed by atoms with E-state index in [1.807, 2.05) is 0 Å². The first-order valence-corrected chi connectivity index (χ1v) is 7.89. The van der Waals surface area contributed by atoms with Crippen molar-refractivity contribution in [2.75, 3.05) is 13.1 Å². The first kappa shape index (κ1) is 17.0. The lowest BCUT2D eigenvalue weighted by atomic mass is 9.99. The number of hydrogen-bond acceptors (Lipinski definition) is 1. The van der Waals surface area contributed by atoms with Gasteiger partial charge in [-0.15, -0.1) is 0 Å². The lowest BCUT2D eigenvalue weighted by molar-refractivity contribution is 0.186. The van der Waals surface area contributed by atoms with Crippen LogP contribution in [0.1, 0.15) is 79.6 Å². The largest absolute Gasteiger partial charge is 0.301 e. The molecule has 17 heavy (non-hydrogen) atoms. The number of unbranched alkanes of at least 4 members (excludes halogenated alkanes) is 2. The van der Waals surface area contributed by atoms with Crippen LogP contribution in [0, 0.1) is 5.92 Å². The molecule has 0 saturated heterocycles. The lowest BCUT2D eigenvalue weighted by Crippen LogP contribution is -2.35. The Kier molecular flexibility index (Phi) is 11.0. The Morgan fingerprint density at radius 2 is 1.35 bits per heavy atom. The van der Waals surface area contributed by atoms with Crippen LogP contribution >= 0.6 is 0 Å². The fourth-order valence-electron chi connectivity index (χ4n) is 2.19. The fraction of sp³-hybridized carbons (Fsp3) is 1.00. The van der Waals surface area contributed by atoms with E-state index >= 15 is 0 Å². The summed E-state index contributed by atoms with van der Waals surface area (Å²) in [6.07, 6.45) is 9.46. The molecule has 104 valence electrons. The van der Waals surface area contributed by atoms with E-state index in [0.29, 0.717) is 0 Å². The molecule has 0 bridgehead atoms. The highest BCUT2D eigenvalue weighted by atomic mass is 15.1. The highest BCUT2D eigenvalue weighted by Crippen LogP contribution is 2.15. The quantitative estimate of drug-likeness (QED) is 0.486. The molecule has 0 radical (unpaired) electrons. The molecule has 0 N–H and O–H groups in total. The van der Waals surface area contributed by atoms with Crippen molar-refractivity contribution >= 4 is 0 Å². The van der Waals surface area contributed by atoms with Crippen LogP contribution in [0.25, 0.3) is 0 Å². The lowest BCUT2D eigenvalue weighted by Gasteiger charge is -2.29. The second-order valence-electron chi connectivity index (χ2n) is 5.68. The van der Waals surface area contributed by atoms with E-state index in [4.69, 9.17) is 0 Å². The molecule has 0 aliphatic carbocycles. The van der Waals surface area contributed by atoms with Gasteiger partial charge >= 0.3 is 0 Å². The zero-order chi connectivity index (χ0) is 13.1. The molecular formula is C16H35N. The Balaban J connectivity index is 3.96. The molecule has 0 aromatic heterocycles. The number of nitrogens with zero attached hydrogens (tertiary/aromatic N) is 1. The molecule has 0 spiro atoms. The van der Waals surface area contributed by atoms with E-state index < -0.39 is 0 Å². The molecule has 0 aliphatic rings. The van der Waals surface area contributed by atoms with Gasteiger partial charge < -0.3 is 4.90 Å². The highest BCUT2D eigenvalue weighted by molar-refractivity contribution is 4.68. The van der Waals surface area contributed by atoms with Crippen molar-refractivity contribution in [3.63, 3.8) is 0 Å². The van der Waals surface area contributed by atoms with Gasteiger partial charge in [0.15, 0.2) is 0 Å². The summed E-state index contributed by atoms with van der Waals surface area (Å²) < 4.78 is 0. The van der Waals surface area contributed by atoms with Crippen LogP contribution in [0.15, 0.2) is 0 Å². The SMILES string of the molecule is CCCCN(CCCC)C(C)CCC(C)CC. The van der Waals surface area contributed by atoms with Gasteiger partial charge in [-0.1, -0.05) is 47.0 Å². The summed E-state index contributed by atoms with van der Waals surface area (Å²) in [5.41, 5.74) is 0. The third-order valence-corrected chi connectivity index (χ3v) is 4.00. The predicted molar refractivity (Wildman–Crippen MR) is 79.5 cm³/mol. The van der Waals surface area contributed by atoms with Crippen molar-refractivity contribution in [1.29, 1.82) is 0 Å². The fourth-order valence-corrected chi connectivity index (χ4v) is 2.19. The molecule has 0 aliphatic heterocycles. The van der Waals surface area contributed by atoms with E-state index in [1.165, 1.54) is 58.0 Å². The van der Waals surface area contributed by atoms with Crippen molar-refractivity contribution in [3.05, 3.63) is 0 Å².